The van der Waals surface area contributed by atoms with Gasteiger partial charge in [0.1, 0.15) is 11.5 Å². The van der Waals surface area contributed by atoms with Gasteiger partial charge in [-0.25, -0.2) is 9.48 Å². The first-order valence-electron chi connectivity index (χ1n) is 11.9. The van der Waals surface area contributed by atoms with Crippen molar-refractivity contribution in [3.05, 3.63) is 11.9 Å². The summed E-state index contributed by atoms with van der Waals surface area (Å²) in [6.07, 6.45) is 7.09. The monoisotopic (exact) mass is 497 g/mol. The molecule has 2 fully saturated rings. The Morgan fingerprint density at radius 1 is 1.06 bits per heavy atom. The number of carbonyl (C=O) groups excluding carboxylic acids is 3. The molecule has 0 saturated carbocycles. The summed E-state index contributed by atoms with van der Waals surface area (Å²) >= 11 is 1.91. The molecule has 0 radical (unpaired) electrons. The number of hydrogen-bond donors (Lipinski definition) is 2. The molecule has 1 aromatic rings. The van der Waals surface area contributed by atoms with Crippen molar-refractivity contribution in [1.29, 1.82) is 0 Å². The van der Waals surface area contributed by atoms with Crippen molar-refractivity contribution in [1.82, 2.24) is 25.6 Å². The molecule has 1 aromatic heterocycles. The van der Waals surface area contributed by atoms with Gasteiger partial charge >= 0.3 is 6.03 Å². The number of carbonyl (C=O) groups is 3. The van der Waals surface area contributed by atoms with E-state index < -0.39 is 0 Å². The van der Waals surface area contributed by atoms with E-state index >= 15 is 0 Å². The number of amides is 2. The van der Waals surface area contributed by atoms with Gasteiger partial charge in [0.25, 0.3) is 0 Å². The second kappa shape index (κ2) is 15.1. The van der Waals surface area contributed by atoms with Gasteiger partial charge < -0.3 is 24.8 Å². The molecule has 3 heterocycles. The number of rotatable bonds is 19. The summed E-state index contributed by atoms with van der Waals surface area (Å²) in [5.41, 5.74) is 0.305. The molecule has 0 bridgehead atoms. The molecule has 2 saturated heterocycles. The summed E-state index contributed by atoms with van der Waals surface area (Å²) in [6.45, 7) is 3.47. The number of ketones is 1. The number of unbranched alkanes of at least 4 members (excludes halogenated alkanes) is 1. The molecule has 12 heteroatoms. The van der Waals surface area contributed by atoms with Crippen molar-refractivity contribution in [2.45, 2.75) is 62.4 Å². The number of aldehydes is 1. The van der Waals surface area contributed by atoms with Crippen LogP contribution in [0.2, 0.25) is 0 Å². The first kappa shape index (κ1) is 26.6. The Bertz CT molecular complexity index is 779. The van der Waals surface area contributed by atoms with Gasteiger partial charge in [0.05, 0.1) is 57.9 Å². The Morgan fingerprint density at radius 3 is 2.56 bits per heavy atom. The Balaban J connectivity index is 1.05. The molecular weight excluding hydrogens is 462 g/mol. The molecular formula is C22H35N5O6S. The minimum Gasteiger partial charge on any atom is -0.379 e. The lowest BCUT2D eigenvalue weighted by Crippen LogP contribution is -2.36. The average Bonchev–Trinajstić information content (AvgIpc) is 3.53. The standard InChI is InChI=1S/C22H35N5O6S/c28-15-17-14-27(26-25-17)7-9-32-11-13-33-12-10-31-8-3-5-18(29)4-1-2-6-20-21-19(16-34-20)23-22(30)24-21/h14-15,19-21H,1-13,16H2,(H2,23,24,30)/t19?,20-,21?/m0/s1. The lowest BCUT2D eigenvalue weighted by Gasteiger charge is -2.16. The molecule has 2 amide bonds. The fourth-order valence-electron chi connectivity index (χ4n) is 3.98. The minimum atomic E-state index is -0.0507. The number of ether oxygens (including phenoxy) is 3. The van der Waals surface area contributed by atoms with E-state index in [1.807, 2.05) is 11.8 Å². The molecule has 0 aliphatic carbocycles. The number of hydrogen-bond acceptors (Lipinski definition) is 9. The number of urea groups is 1. The van der Waals surface area contributed by atoms with E-state index in [2.05, 4.69) is 20.9 Å². The molecule has 0 spiro atoms. The fourth-order valence-corrected chi connectivity index (χ4v) is 5.53. The summed E-state index contributed by atoms with van der Waals surface area (Å²) in [6, 6.07) is 0.454. The molecule has 11 nitrogen and oxygen atoms in total. The Labute approximate surface area is 204 Å². The van der Waals surface area contributed by atoms with E-state index in [-0.39, 0.29) is 23.9 Å². The number of nitrogens with zero attached hydrogens (tertiary/aromatic N) is 3. The van der Waals surface area contributed by atoms with E-state index in [0.717, 1.165) is 31.4 Å². The average molecular weight is 498 g/mol. The topological polar surface area (TPSA) is 134 Å². The summed E-state index contributed by atoms with van der Waals surface area (Å²) in [5, 5.41) is 13.9. The van der Waals surface area contributed by atoms with Crippen molar-refractivity contribution >= 4 is 29.9 Å². The van der Waals surface area contributed by atoms with Gasteiger partial charge in [-0.2, -0.15) is 11.8 Å². The van der Waals surface area contributed by atoms with E-state index in [4.69, 9.17) is 14.2 Å². The molecule has 34 heavy (non-hydrogen) atoms. The molecule has 3 rings (SSSR count). The Hall–Kier alpha value is -2.02. The summed E-state index contributed by atoms with van der Waals surface area (Å²) in [4.78, 5) is 34.0. The highest BCUT2D eigenvalue weighted by Gasteiger charge is 2.42. The van der Waals surface area contributed by atoms with Crippen LogP contribution in [0.3, 0.4) is 0 Å². The van der Waals surface area contributed by atoms with Crippen LogP contribution < -0.4 is 10.6 Å². The molecule has 3 atom stereocenters. The van der Waals surface area contributed by atoms with Crippen molar-refractivity contribution < 1.29 is 28.6 Å². The number of aromatic nitrogens is 3. The van der Waals surface area contributed by atoms with E-state index in [1.165, 1.54) is 0 Å². The highest BCUT2D eigenvalue weighted by molar-refractivity contribution is 8.00. The maximum absolute atomic E-state index is 12.0. The van der Waals surface area contributed by atoms with Crippen molar-refractivity contribution in [3.8, 4) is 0 Å². The van der Waals surface area contributed by atoms with Crippen molar-refractivity contribution in [2.24, 2.45) is 0 Å². The highest BCUT2D eigenvalue weighted by Crippen LogP contribution is 2.33. The maximum Gasteiger partial charge on any atom is 0.315 e. The van der Waals surface area contributed by atoms with E-state index in [1.54, 1.807) is 10.9 Å². The summed E-state index contributed by atoms with van der Waals surface area (Å²) < 4.78 is 18.0. The highest BCUT2D eigenvalue weighted by atomic mass is 32.2. The zero-order valence-corrected chi connectivity index (χ0v) is 20.3. The third-order valence-corrected chi connectivity index (χ3v) is 7.27. The molecule has 2 aliphatic heterocycles. The van der Waals surface area contributed by atoms with Gasteiger partial charge in [0.15, 0.2) is 6.29 Å². The van der Waals surface area contributed by atoms with Gasteiger partial charge in [-0.05, 0) is 19.3 Å². The Kier molecular flexibility index (Phi) is 11.8. The van der Waals surface area contributed by atoms with Crippen LogP contribution in [-0.4, -0.2) is 95.8 Å². The normalized spacial score (nSPS) is 21.3. The SMILES string of the molecule is O=Cc1cn(CCOCCOCCOCCCC(=O)CCCC[C@@H]2SCC3NC(=O)NC32)nn1. The van der Waals surface area contributed by atoms with Crippen LogP contribution >= 0.6 is 11.8 Å². The zero-order valence-electron chi connectivity index (χ0n) is 19.5. The van der Waals surface area contributed by atoms with Crippen molar-refractivity contribution in [3.63, 3.8) is 0 Å². The van der Waals surface area contributed by atoms with Crippen LogP contribution in [0.5, 0.6) is 0 Å². The molecule has 0 aromatic carbocycles. The number of fused-ring (bicyclic) bond motifs is 1. The second-order valence-corrected chi connectivity index (χ2v) is 9.64. The number of thioether (sulfide) groups is 1. The van der Waals surface area contributed by atoms with Gasteiger partial charge in [-0.1, -0.05) is 11.6 Å². The fraction of sp³-hybridized carbons (Fsp3) is 0.773. The van der Waals surface area contributed by atoms with Gasteiger partial charge in [-0.3, -0.25) is 9.59 Å². The van der Waals surface area contributed by atoms with Crippen molar-refractivity contribution in [2.75, 3.05) is 45.4 Å². The van der Waals surface area contributed by atoms with Gasteiger partial charge in [0, 0.05) is 30.5 Å². The number of Topliss-reactive ketones (excluding diaryl/α,β-unsaturated/α-hetero) is 1. The van der Waals surface area contributed by atoms with Crippen LogP contribution in [0.4, 0.5) is 4.79 Å². The first-order chi connectivity index (χ1) is 16.7. The molecule has 2 unspecified atom stereocenters. The van der Waals surface area contributed by atoms with Crippen LogP contribution in [0.15, 0.2) is 6.20 Å². The van der Waals surface area contributed by atoms with Crippen LogP contribution in [0, 0.1) is 0 Å². The minimum absolute atomic E-state index is 0.0507. The van der Waals surface area contributed by atoms with E-state index in [9.17, 15) is 14.4 Å². The molecule has 2 aliphatic rings. The third-order valence-electron chi connectivity index (χ3n) is 5.76. The summed E-state index contributed by atoms with van der Waals surface area (Å²) in [7, 11) is 0. The predicted molar refractivity (Wildman–Crippen MR) is 126 cm³/mol. The largest absolute Gasteiger partial charge is 0.379 e. The van der Waals surface area contributed by atoms with Crippen LogP contribution in [0.25, 0.3) is 0 Å². The molecule has 2 N–H and O–H groups in total. The zero-order chi connectivity index (χ0) is 24.0. The lowest BCUT2D eigenvalue weighted by atomic mass is 10.0. The van der Waals surface area contributed by atoms with Crippen LogP contribution in [0.1, 0.15) is 49.0 Å². The number of nitrogens with one attached hydrogen (secondary N) is 2. The third kappa shape index (κ3) is 9.32. The van der Waals surface area contributed by atoms with Gasteiger partial charge in [0.2, 0.25) is 0 Å². The first-order valence-corrected chi connectivity index (χ1v) is 13.0. The maximum atomic E-state index is 12.0. The smallest absolute Gasteiger partial charge is 0.315 e. The quantitative estimate of drug-likeness (QED) is 0.164. The summed E-state index contributed by atoms with van der Waals surface area (Å²) in [5.74, 6) is 1.26. The second-order valence-electron chi connectivity index (χ2n) is 8.37. The predicted octanol–water partition coefficient (Wildman–Crippen LogP) is 1.22. The lowest BCUT2D eigenvalue weighted by molar-refractivity contribution is -0.119. The van der Waals surface area contributed by atoms with E-state index in [0.29, 0.717) is 76.3 Å². The Morgan fingerprint density at radius 2 is 1.79 bits per heavy atom. The molecule has 190 valence electrons. The van der Waals surface area contributed by atoms with Crippen LogP contribution in [-0.2, 0) is 25.5 Å². The van der Waals surface area contributed by atoms with Gasteiger partial charge in [-0.15, -0.1) is 5.10 Å².